The summed E-state index contributed by atoms with van der Waals surface area (Å²) in [5.74, 6) is 0.0563. The first-order valence-corrected chi connectivity index (χ1v) is 9.03. The first-order chi connectivity index (χ1) is 11.8. The fourth-order valence-electron chi connectivity index (χ4n) is 1.90. The van der Waals surface area contributed by atoms with Crippen molar-refractivity contribution in [1.29, 1.82) is 0 Å². The minimum absolute atomic E-state index is 0.102. The van der Waals surface area contributed by atoms with Crippen LogP contribution in [0.1, 0.15) is 25.1 Å². The number of rotatable bonds is 6. The van der Waals surface area contributed by atoms with E-state index in [1.54, 1.807) is 17.5 Å². The standard InChI is InChI=1S/C17H20ClN3O3S/c1-10(2)8-24-17(23)21-16-19-13(9-25-16)7-15(22)20-14-6-12(18)5-4-11(14)3/h4-6,9-10H,7-8H2,1-3H3,(H,20,22)(H,19,21,23). The van der Waals surface area contributed by atoms with Gasteiger partial charge in [0.05, 0.1) is 18.7 Å². The SMILES string of the molecule is Cc1ccc(Cl)cc1NC(=O)Cc1csc(NC(=O)OCC(C)C)n1. The Kier molecular flexibility index (Phi) is 6.78. The molecular weight excluding hydrogens is 362 g/mol. The molecule has 2 aromatic rings. The topological polar surface area (TPSA) is 80.3 Å². The number of thiazole rings is 1. The smallest absolute Gasteiger partial charge is 0.413 e. The van der Waals surface area contributed by atoms with Crippen LogP contribution in [0.2, 0.25) is 5.02 Å². The largest absolute Gasteiger partial charge is 0.449 e. The number of ether oxygens (including phenoxy) is 1. The molecule has 8 heteroatoms. The Balaban J connectivity index is 1.89. The zero-order valence-corrected chi connectivity index (χ0v) is 15.8. The highest BCUT2D eigenvalue weighted by Gasteiger charge is 2.12. The zero-order valence-electron chi connectivity index (χ0n) is 14.3. The third-order valence-electron chi connectivity index (χ3n) is 3.12. The van der Waals surface area contributed by atoms with Crippen LogP contribution in [0.3, 0.4) is 0 Å². The summed E-state index contributed by atoms with van der Waals surface area (Å²) < 4.78 is 5.03. The first-order valence-electron chi connectivity index (χ1n) is 7.77. The molecule has 1 heterocycles. The molecule has 0 fully saturated rings. The fourth-order valence-corrected chi connectivity index (χ4v) is 2.77. The number of anilines is 2. The van der Waals surface area contributed by atoms with Crippen molar-refractivity contribution in [2.45, 2.75) is 27.2 Å². The molecule has 0 radical (unpaired) electrons. The molecule has 0 saturated carbocycles. The van der Waals surface area contributed by atoms with Crippen LogP contribution < -0.4 is 10.6 Å². The maximum absolute atomic E-state index is 12.2. The van der Waals surface area contributed by atoms with Gasteiger partial charge in [0.15, 0.2) is 5.13 Å². The number of nitrogens with zero attached hydrogens (tertiary/aromatic N) is 1. The molecule has 0 spiro atoms. The monoisotopic (exact) mass is 381 g/mol. The Morgan fingerprint density at radius 2 is 2.08 bits per heavy atom. The quantitative estimate of drug-likeness (QED) is 0.772. The molecule has 2 N–H and O–H groups in total. The van der Waals surface area contributed by atoms with E-state index >= 15 is 0 Å². The normalized spacial score (nSPS) is 10.6. The number of aryl methyl sites for hydroxylation is 1. The van der Waals surface area contributed by atoms with Crippen LogP contribution in [0, 0.1) is 12.8 Å². The molecule has 0 saturated heterocycles. The summed E-state index contributed by atoms with van der Waals surface area (Å²) in [5.41, 5.74) is 2.16. The van der Waals surface area contributed by atoms with Gasteiger partial charge in [-0.05, 0) is 30.5 Å². The Morgan fingerprint density at radius 1 is 1.32 bits per heavy atom. The number of aromatic nitrogens is 1. The molecule has 0 bridgehead atoms. The molecule has 0 aliphatic rings. The number of hydrogen-bond donors (Lipinski definition) is 2. The lowest BCUT2D eigenvalue weighted by Crippen LogP contribution is -2.17. The van der Waals surface area contributed by atoms with E-state index in [9.17, 15) is 9.59 Å². The molecule has 0 unspecified atom stereocenters. The highest BCUT2D eigenvalue weighted by Crippen LogP contribution is 2.21. The number of carbonyl (C=O) groups is 2. The van der Waals surface area contributed by atoms with Crippen LogP contribution in [0.5, 0.6) is 0 Å². The van der Waals surface area contributed by atoms with Gasteiger partial charge in [-0.15, -0.1) is 11.3 Å². The predicted molar refractivity (Wildman–Crippen MR) is 100 cm³/mol. The van der Waals surface area contributed by atoms with Gasteiger partial charge in [0.2, 0.25) is 5.91 Å². The summed E-state index contributed by atoms with van der Waals surface area (Å²) in [6, 6.07) is 5.31. The van der Waals surface area contributed by atoms with Crippen LogP contribution in [-0.2, 0) is 16.0 Å². The molecular formula is C17H20ClN3O3S. The summed E-state index contributed by atoms with van der Waals surface area (Å²) in [7, 11) is 0. The van der Waals surface area contributed by atoms with E-state index < -0.39 is 6.09 Å². The van der Waals surface area contributed by atoms with Crippen LogP contribution >= 0.6 is 22.9 Å². The van der Waals surface area contributed by atoms with Crippen molar-refractivity contribution in [2.75, 3.05) is 17.2 Å². The Labute approximate surface area is 155 Å². The van der Waals surface area contributed by atoms with Gasteiger partial charge >= 0.3 is 6.09 Å². The van der Waals surface area contributed by atoms with E-state index in [0.29, 0.717) is 28.1 Å². The molecule has 134 valence electrons. The highest BCUT2D eigenvalue weighted by atomic mass is 35.5. The summed E-state index contributed by atoms with van der Waals surface area (Å²) in [6.45, 7) is 6.13. The molecule has 1 aromatic heterocycles. The molecule has 0 aliphatic heterocycles. The van der Waals surface area contributed by atoms with E-state index in [-0.39, 0.29) is 18.2 Å². The lowest BCUT2D eigenvalue weighted by atomic mass is 10.2. The number of amides is 2. The molecule has 25 heavy (non-hydrogen) atoms. The van der Waals surface area contributed by atoms with Gasteiger partial charge in [-0.25, -0.2) is 9.78 Å². The molecule has 1 aromatic carbocycles. The van der Waals surface area contributed by atoms with Crippen molar-refractivity contribution in [2.24, 2.45) is 5.92 Å². The van der Waals surface area contributed by atoms with Crippen molar-refractivity contribution in [3.8, 4) is 0 Å². The second-order valence-electron chi connectivity index (χ2n) is 5.95. The summed E-state index contributed by atoms with van der Waals surface area (Å²) in [5, 5.41) is 8.05. The number of halogens is 1. The number of benzene rings is 1. The maximum atomic E-state index is 12.2. The van der Waals surface area contributed by atoms with Gasteiger partial charge in [0.1, 0.15) is 0 Å². The fraction of sp³-hybridized carbons (Fsp3) is 0.353. The van der Waals surface area contributed by atoms with Crippen molar-refractivity contribution in [1.82, 2.24) is 4.98 Å². The van der Waals surface area contributed by atoms with Gasteiger partial charge in [0.25, 0.3) is 0 Å². The van der Waals surface area contributed by atoms with Crippen molar-refractivity contribution in [3.05, 3.63) is 39.9 Å². The van der Waals surface area contributed by atoms with E-state index in [0.717, 1.165) is 5.56 Å². The molecule has 0 aliphatic carbocycles. The summed E-state index contributed by atoms with van der Waals surface area (Å²) in [4.78, 5) is 28.0. The van der Waals surface area contributed by atoms with Crippen molar-refractivity contribution < 1.29 is 14.3 Å². The zero-order chi connectivity index (χ0) is 18.4. The molecule has 0 atom stereocenters. The maximum Gasteiger partial charge on any atom is 0.413 e. The Bertz CT molecular complexity index is 761. The highest BCUT2D eigenvalue weighted by molar-refractivity contribution is 7.13. The van der Waals surface area contributed by atoms with Crippen LogP contribution in [0.15, 0.2) is 23.6 Å². The van der Waals surface area contributed by atoms with E-state index in [2.05, 4.69) is 15.6 Å². The first kappa shape index (κ1) is 19.2. The van der Waals surface area contributed by atoms with Gasteiger partial charge in [-0.2, -0.15) is 0 Å². The number of carbonyl (C=O) groups excluding carboxylic acids is 2. The lowest BCUT2D eigenvalue weighted by Gasteiger charge is -2.08. The third-order valence-corrected chi connectivity index (χ3v) is 4.17. The van der Waals surface area contributed by atoms with E-state index in [1.807, 2.05) is 26.8 Å². The Morgan fingerprint density at radius 3 is 2.80 bits per heavy atom. The lowest BCUT2D eigenvalue weighted by molar-refractivity contribution is -0.115. The summed E-state index contributed by atoms with van der Waals surface area (Å²) >= 11 is 7.19. The average molecular weight is 382 g/mol. The molecule has 2 amide bonds. The number of nitrogens with one attached hydrogen (secondary N) is 2. The van der Waals surface area contributed by atoms with E-state index in [1.165, 1.54) is 11.3 Å². The predicted octanol–water partition coefficient (Wildman–Crippen LogP) is 4.49. The van der Waals surface area contributed by atoms with Crippen LogP contribution in [-0.4, -0.2) is 23.6 Å². The minimum atomic E-state index is -0.548. The average Bonchev–Trinajstić information content (AvgIpc) is 2.95. The van der Waals surface area contributed by atoms with Gasteiger partial charge in [-0.3, -0.25) is 10.1 Å². The minimum Gasteiger partial charge on any atom is -0.449 e. The number of hydrogen-bond acceptors (Lipinski definition) is 5. The van der Waals surface area contributed by atoms with Crippen LogP contribution in [0.25, 0.3) is 0 Å². The molecule has 6 nitrogen and oxygen atoms in total. The third kappa shape index (κ3) is 6.36. The van der Waals surface area contributed by atoms with Crippen LogP contribution in [0.4, 0.5) is 15.6 Å². The summed E-state index contributed by atoms with van der Waals surface area (Å²) in [6.07, 6.45) is -0.445. The molecule has 2 rings (SSSR count). The second kappa shape index (κ2) is 8.82. The second-order valence-corrected chi connectivity index (χ2v) is 7.24. The van der Waals surface area contributed by atoms with Crippen molar-refractivity contribution in [3.63, 3.8) is 0 Å². The van der Waals surface area contributed by atoms with Gasteiger partial charge in [0, 0.05) is 16.1 Å². The Hall–Kier alpha value is -2.12. The van der Waals surface area contributed by atoms with Gasteiger partial charge < -0.3 is 10.1 Å². The van der Waals surface area contributed by atoms with Gasteiger partial charge in [-0.1, -0.05) is 31.5 Å². The van der Waals surface area contributed by atoms with E-state index in [4.69, 9.17) is 16.3 Å². The van der Waals surface area contributed by atoms with Crippen molar-refractivity contribution >= 4 is 45.8 Å².